The van der Waals surface area contributed by atoms with Crippen LogP contribution in [0.3, 0.4) is 0 Å². The van der Waals surface area contributed by atoms with Crippen LogP contribution in [0.1, 0.15) is 11.1 Å². The average molecular weight is 219 g/mol. The Morgan fingerprint density at radius 3 is 2.56 bits per heavy atom. The highest BCUT2D eigenvalue weighted by atomic mass is 16.7. The predicted octanol–water partition coefficient (Wildman–Crippen LogP) is 1.26. The van der Waals surface area contributed by atoms with Gasteiger partial charge in [-0.1, -0.05) is 12.1 Å². The van der Waals surface area contributed by atoms with Crippen molar-refractivity contribution in [2.75, 3.05) is 14.2 Å². The van der Waals surface area contributed by atoms with Crippen LogP contribution in [-0.2, 0) is 11.4 Å². The van der Waals surface area contributed by atoms with E-state index in [0.717, 1.165) is 5.56 Å². The van der Waals surface area contributed by atoms with Gasteiger partial charge in [-0.2, -0.15) is 10.3 Å². The molecule has 0 aliphatic carbocycles. The molecule has 0 bridgehead atoms. The average Bonchev–Trinajstić information content (AvgIpc) is 2.35. The quantitative estimate of drug-likeness (QED) is 0.778. The van der Waals surface area contributed by atoms with Crippen molar-refractivity contribution in [1.82, 2.24) is 10.4 Å². The standard InChI is InChI=1S/C11H13N3O2/c1-13-11(15)14(16-2)8-10-5-3-9(7-12)4-6-10/h3-6H,8H2,1-2H3,(H,13,15). The van der Waals surface area contributed by atoms with Gasteiger partial charge in [-0.05, 0) is 17.7 Å². The number of rotatable bonds is 3. The van der Waals surface area contributed by atoms with Crippen molar-refractivity contribution >= 4 is 6.03 Å². The van der Waals surface area contributed by atoms with E-state index < -0.39 is 0 Å². The van der Waals surface area contributed by atoms with E-state index in [2.05, 4.69) is 5.32 Å². The van der Waals surface area contributed by atoms with Crippen LogP contribution in [-0.4, -0.2) is 25.3 Å². The van der Waals surface area contributed by atoms with Crippen molar-refractivity contribution in [1.29, 1.82) is 5.26 Å². The zero-order valence-corrected chi connectivity index (χ0v) is 9.23. The zero-order valence-electron chi connectivity index (χ0n) is 9.23. The van der Waals surface area contributed by atoms with Crippen LogP contribution in [0.4, 0.5) is 4.79 Å². The fourth-order valence-electron chi connectivity index (χ4n) is 1.19. The number of urea groups is 1. The summed E-state index contributed by atoms with van der Waals surface area (Å²) < 4.78 is 0. The Hall–Kier alpha value is -2.06. The Labute approximate surface area is 94.2 Å². The van der Waals surface area contributed by atoms with E-state index in [9.17, 15) is 4.79 Å². The minimum atomic E-state index is -0.313. The third-order valence-electron chi connectivity index (χ3n) is 2.07. The Balaban J connectivity index is 2.71. The molecule has 2 amide bonds. The molecule has 1 rings (SSSR count). The first-order valence-corrected chi connectivity index (χ1v) is 4.73. The molecule has 1 N–H and O–H groups in total. The molecule has 0 aliphatic heterocycles. The summed E-state index contributed by atoms with van der Waals surface area (Å²) in [5, 5.41) is 12.3. The second kappa shape index (κ2) is 5.73. The zero-order chi connectivity index (χ0) is 12.0. The number of benzene rings is 1. The van der Waals surface area contributed by atoms with Gasteiger partial charge < -0.3 is 5.32 Å². The summed E-state index contributed by atoms with van der Waals surface area (Å²) in [6, 6.07) is 8.69. The lowest BCUT2D eigenvalue weighted by Gasteiger charge is -2.18. The fourth-order valence-corrected chi connectivity index (χ4v) is 1.19. The largest absolute Gasteiger partial charge is 0.341 e. The number of hydrogen-bond acceptors (Lipinski definition) is 3. The Morgan fingerprint density at radius 2 is 2.12 bits per heavy atom. The normalized spacial score (nSPS) is 9.31. The van der Waals surface area contributed by atoms with Crippen LogP contribution >= 0.6 is 0 Å². The van der Waals surface area contributed by atoms with Gasteiger partial charge in [0.15, 0.2) is 0 Å². The summed E-state index contributed by atoms with van der Waals surface area (Å²) in [5.41, 5.74) is 1.48. The first-order valence-electron chi connectivity index (χ1n) is 4.73. The fraction of sp³-hybridized carbons (Fsp3) is 0.273. The van der Waals surface area contributed by atoms with E-state index in [1.54, 1.807) is 24.3 Å². The SMILES string of the molecule is CNC(=O)N(Cc1ccc(C#N)cc1)OC. The maximum Gasteiger partial charge on any atom is 0.341 e. The van der Waals surface area contributed by atoms with E-state index >= 15 is 0 Å². The first-order chi connectivity index (χ1) is 7.71. The maximum atomic E-state index is 11.3. The lowest BCUT2D eigenvalue weighted by molar-refractivity contribution is -0.0927. The number of carbonyl (C=O) groups is 1. The van der Waals surface area contributed by atoms with Gasteiger partial charge in [0.05, 0.1) is 25.3 Å². The van der Waals surface area contributed by atoms with Crippen LogP contribution in [0, 0.1) is 11.3 Å². The monoisotopic (exact) mass is 219 g/mol. The van der Waals surface area contributed by atoms with Crippen LogP contribution in [0.25, 0.3) is 0 Å². The topological polar surface area (TPSA) is 65.4 Å². The summed E-state index contributed by atoms with van der Waals surface area (Å²) in [6.07, 6.45) is 0. The van der Waals surface area contributed by atoms with E-state index in [0.29, 0.717) is 12.1 Å². The van der Waals surface area contributed by atoms with Gasteiger partial charge in [0.25, 0.3) is 0 Å². The van der Waals surface area contributed by atoms with Gasteiger partial charge in [0.1, 0.15) is 0 Å². The second-order valence-corrected chi connectivity index (χ2v) is 3.08. The summed E-state index contributed by atoms with van der Waals surface area (Å²) in [5.74, 6) is 0. The second-order valence-electron chi connectivity index (χ2n) is 3.08. The molecule has 5 nitrogen and oxygen atoms in total. The number of hydroxylamine groups is 2. The molecule has 0 aromatic heterocycles. The highest BCUT2D eigenvalue weighted by Crippen LogP contribution is 2.07. The third-order valence-corrected chi connectivity index (χ3v) is 2.07. The van der Waals surface area contributed by atoms with Crippen molar-refractivity contribution < 1.29 is 9.63 Å². The van der Waals surface area contributed by atoms with Crippen LogP contribution in [0.15, 0.2) is 24.3 Å². The number of carbonyl (C=O) groups excluding carboxylic acids is 1. The van der Waals surface area contributed by atoms with E-state index in [-0.39, 0.29) is 6.03 Å². The molecule has 16 heavy (non-hydrogen) atoms. The number of nitrogens with one attached hydrogen (secondary N) is 1. The molecule has 84 valence electrons. The van der Waals surface area contributed by atoms with E-state index in [1.165, 1.54) is 19.2 Å². The molecule has 0 fully saturated rings. The van der Waals surface area contributed by atoms with Crippen molar-refractivity contribution in [2.24, 2.45) is 0 Å². The van der Waals surface area contributed by atoms with Crippen LogP contribution in [0.2, 0.25) is 0 Å². The molecule has 0 radical (unpaired) electrons. The van der Waals surface area contributed by atoms with Crippen molar-refractivity contribution in [3.05, 3.63) is 35.4 Å². The number of amides is 2. The lowest BCUT2D eigenvalue weighted by atomic mass is 10.1. The smallest absolute Gasteiger partial charge is 0.339 e. The molecule has 1 aromatic rings. The molecule has 0 spiro atoms. The highest BCUT2D eigenvalue weighted by molar-refractivity contribution is 5.72. The van der Waals surface area contributed by atoms with Crippen molar-refractivity contribution in [3.8, 4) is 6.07 Å². The van der Waals surface area contributed by atoms with Gasteiger partial charge in [-0.25, -0.2) is 4.79 Å². The minimum absolute atomic E-state index is 0.313. The molecule has 0 saturated carbocycles. The number of nitrogens with zero attached hydrogens (tertiary/aromatic N) is 2. The van der Waals surface area contributed by atoms with Gasteiger partial charge in [0.2, 0.25) is 0 Å². The van der Waals surface area contributed by atoms with Gasteiger partial charge >= 0.3 is 6.03 Å². The Bertz CT molecular complexity index is 395. The Kier molecular flexibility index (Phi) is 4.30. The molecule has 0 atom stereocenters. The lowest BCUT2D eigenvalue weighted by Crippen LogP contribution is -2.36. The summed E-state index contributed by atoms with van der Waals surface area (Å²) in [4.78, 5) is 16.2. The van der Waals surface area contributed by atoms with E-state index in [1.807, 2.05) is 6.07 Å². The molecule has 0 unspecified atom stereocenters. The van der Waals surface area contributed by atoms with Crippen LogP contribution < -0.4 is 5.32 Å². The van der Waals surface area contributed by atoms with Gasteiger partial charge in [-0.3, -0.25) is 4.84 Å². The highest BCUT2D eigenvalue weighted by Gasteiger charge is 2.11. The third kappa shape index (κ3) is 2.97. The number of nitriles is 1. The molecule has 1 aromatic carbocycles. The number of hydrogen-bond donors (Lipinski definition) is 1. The molecule has 0 heterocycles. The molecular formula is C11H13N3O2. The van der Waals surface area contributed by atoms with Gasteiger partial charge in [-0.15, -0.1) is 0 Å². The van der Waals surface area contributed by atoms with Crippen molar-refractivity contribution in [3.63, 3.8) is 0 Å². The summed E-state index contributed by atoms with van der Waals surface area (Å²) in [7, 11) is 2.96. The van der Waals surface area contributed by atoms with E-state index in [4.69, 9.17) is 10.1 Å². The molecule has 5 heteroatoms. The minimum Gasteiger partial charge on any atom is -0.339 e. The maximum absolute atomic E-state index is 11.3. The first kappa shape index (κ1) is 12.0. The van der Waals surface area contributed by atoms with Gasteiger partial charge in [0, 0.05) is 7.05 Å². The molecule has 0 aliphatic rings. The predicted molar refractivity (Wildman–Crippen MR) is 58.2 cm³/mol. The Morgan fingerprint density at radius 1 is 1.50 bits per heavy atom. The summed E-state index contributed by atoms with van der Waals surface area (Å²) in [6.45, 7) is 0.335. The van der Waals surface area contributed by atoms with Crippen LogP contribution in [0.5, 0.6) is 0 Å². The van der Waals surface area contributed by atoms with Crippen molar-refractivity contribution in [2.45, 2.75) is 6.54 Å². The summed E-state index contributed by atoms with van der Waals surface area (Å²) >= 11 is 0. The molecule has 0 saturated heterocycles. The molecular weight excluding hydrogens is 206 g/mol.